The van der Waals surface area contributed by atoms with E-state index >= 15 is 0 Å². The van der Waals surface area contributed by atoms with E-state index in [0.717, 1.165) is 42.6 Å². The van der Waals surface area contributed by atoms with Crippen molar-refractivity contribution in [3.63, 3.8) is 0 Å². The highest BCUT2D eigenvalue weighted by Gasteiger charge is 2.29. The second-order valence-electron chi connectivity index (χ2n) is 9.49. The Balaban J connectivity index is 1.52. The SMILES string of the molecule is O=C(NCC1(O)CCCCCC1)c1cc(-c2cccnc2N2CCC(C(=O)O)CC2)ccc1Cl. The van der Waals surface area contributed by atoms with E-state index in [0.29, 0.717) is 49.4 Å². The number of carboxylic acid groups (broad SMARTS) is 1. The molecule has 1 aliphatic carbocycles. The van der Waals surface area contributed by atoms with E-state index in [1.807, 2.05) is 18.2 Å². The highest BCUT2D eigenvalue weighted by Crippen LogP contribution is 2.34. The van der Waals surface area contributed by atoms with E-state index in [-0.39, 0.29) is 18.4 Å². The summed E-state index contributed by atoms with van der Waals surface area (Å²) in [6.07, 6.45) is 8.42. The van der Waals surface area contributed by atoms with E-state index in [1.54, 1.807) is 18.3 Å². The van der Waals surface area contributed by atoms with Crippen molar-refractivity contribution in [1.82, 2.24) is 10.3 Å². The number of hydrogen-bond donors (Lipinski definition) is 3. The van der Waals surface area contributed by atoms with Crippen molar-refractivity contribution in [1.29, 1.82) is 0 Å². The number of nitrogens with one attached hydrogen (secondary N) is 1. The van der Waals surface area contributed by atoms with Crippen LogP contribution in [-0.4, -0.2) is 52.3 Å². The number of carboxylic acids is 1. The number of carbonyl (C=O) groups is 2. The third-order valence-electron chi connectivity index (χ3n) is 7.06. The summed E-state index contributed by atoms with van der Waals surface area (Å²) in [7, 11) is 0. The Morgan fingerprint density at radius 1 is 1.12 bits per heavy atom. The van der Waals surface area contributed by atoms with Gasteiger partial charge in [0.05, 0.1) is 22.1 Å². The van der Waals surface area contributed by atoms with Gasteiger partial charge >= 0.3 is 5.97 Å². The minimum Gasteiger partial charge on any atom is -0.481 e. The summed E-state index contributed by atoms with van der Waals surface area (Å²) in [6.45, 7) is 1.43. The van der Waals surface area contributed by atoms with Crippen molar-refractivity contribution < 1.29 is 19.8 Å². The van der Waals surface area contributed by atoms with Gasteiger partial charge < -0.3 is 20.4 Å². The fourth-order valence-electron chi connectivity index (χ4n) is 4.98. The predicted molar refractivity (Wildman–Crippen MR) is 132 cm³/mol. The maximum absolute atomic E-state index is 13.0. The lowest BCUT2D eigenvalue weighted by atomic mass is 9.94. The van der Waals surface area contributed by atoms with Gasteiger partial charge in [0, 0.05) is 31.4 Å². The van der Waals surface area contributed by atoms with Crippen molar-refractivity contribution >= 4 is 29.3 Å². The number of halogens is 1. The van der Waals surface area contributed by atoms with Gasteiger partial charge in [0.25, 0.3) is 5.91 Å². The van der Waals surface area contributed by atoms with Crippen LogP contribution in [-0.2, 0) is 4.79 Å². The van der Waals surface area contributed by atoms with Crippen LogP contribution >= 0.6 is 11.6 Å². The number of nitrogens with zero attached hydrogens (tertiary/aromatic N) is 2. The van der Waals surface area contributed by atoms with E-state index in [1.165, 1.54) is 0 Å². The summed E-state index contributed by atoms with van der Waals surface area (Å²) < 4.78 is 0. The fourth-order valence-corrected chi connectivity index (χ4v) is 5.19. The Morgan fingerprint density at radius 2 is 1.82 bits per heavy atom. The molecule has 3 N–H and O–H groups in total. The number of carbonyl (C=O) groups excluding carboxylic acids is 1. The number of pyridine rings is 1. The minimum atomic E-state index is -0.866. The normalized spacial score (nSPS) is 18.8. The van der Waals surface area contributed by atoms with Gasteiger partial charge in [-0.25, -0.2) is 4.98 Å². The molecule has 1 amide bonds. The molecule has 34 heavy (non-hydrogen) atoms. The third-order valence-corrected chi connectivity index (χ3v) is 7.39. The first-order valence-electron chi connectivity index (χ1n) is 12.1. The third kappa shape index (κ3) is 5.70. The molecule has 0 atom stereocenters. The molecule has 0 spiro atoms. The standard InChI is InChI=1S/C26H32ClN3O4/c27-22-8-7-19(16-21(22)24(31)29-17-26(34)11-3-1-2-4-12-26)20-6-5-13-28-23(20)30-14-9-18(10-15-30)25(32)33/h5-8,13,16,18,34H,1-4,9-12,14-15,17H2,(H,29,31)(H,32,33). The number of hydrogen-bond acceptors (Lipinski definition) is 5. The highest BCUT2D eigenvalue weighted by molar-refractivity contribution is 6.34. The van der Waals surface area contributed by atoms with Crippen LogP contribution in [0.1, 0.15) is 61.7 Å². The maximum atomic E-state index is 13.0. The van der Waals surface area contributed by atoms with Crippen LogP contribution in [0.3, 0.4) is 0 Å². The van der Waals surface area contributed by atoms with Crippen LogP contribution in [0.15, 0.2) is 36.5 Å². The number of amides is 1. The molecular formula is C26H32ClN3O4. The van der Waals surface area contributed by atoms with Gasteiger partial charge in [-0.2, -0.15) is 0 Å². The molecule has 0 radical (unpaired) electrons. The zero-order valence-corrected chi connectivity index (χ0v) is 20.1. The van der Waals surface area contributed by atoms with Gasteiger partial charge in [0.15, 0.2) is 0 Å². The average molecular weight is 486 g/mol. The lowest BCUT2D eigenvalue weighted by Gasteiger charge is -2.32. The Hall–Kier alpha value is -2.64. The zero-order valence-electron chi connectivity index (χ0n) is 19.3. The Labute approximate surface area is 205 Å². The number of aliphatic carboxylic acids is 1. The van der Waals surface area contributed by atoms with Crippen molar-refractivity contribution in [2.24, 2.45) is 5.92 Å². The topological polar surface area (TPSA) is 103 Å². The van der Waals surface area contributed by atoms with E-state index < -0.39 is 11.6 Å². The molecule has 1 aromatic heterocycles. The van der Waals surface area contributed by atoms with Crippen molar-refractivity contribution in [2.75, 3.05) is 24.5 Å². The van der Waals surface area contributed by atoms with Crippen LogP contribution in [0.25, 0.3) is 11.1 Å². The molecule has 182 valence electrons. The number of benzene rings is 1. The molecule has 1 aliphatic heterocycles. The summed E-state index contributed by atoms with van der Waals surface area (Å²) in [4.78, 5) is 31.0. The molecule has 1 saturated heterocycles. The maximum Gasteiger partial charge on any atom is 0.306 e. The second-order valence-corrected chi connectivity index (χ2v) is 9.90. The first-order valence-corrected chi connectivity index (χ1v) is 12.5. The number of aliphatic hydroxyl groups is 1. The van der Waals surface area contributed by atoms with Crippen molar-refractivity contribution in [2.45, 2.75) is 57.0 Å². The minimum absolute atomic E-state index is 0.211. The molecule has 2 aliphatic rings. The molecule has 0 bridgehead atoms. The summed E-state index contributed by atoms with van der Waals surface area (Å²) in [5.41, 5.74) is 1.17. The predicted octanol–water partition coefficient (Wildman–Crippen LogP) is 4.52. The molecule has 0 unspecified atom stereocenters. The molecule has 7 nitrogen and oxygen atoms in total. The molecule has 2 heterocycles. The molecule has 1 aromatic carbocycles. The van der Waals surface area contributed by atoms with Crippen molar-refractivity contribution in [3.05, 3.63) is 47.1 Å². The van der Waals surface area contributed by atoms with Crippen LogP contribution in [0.2, 0.25) is 5.02 Å². The van der Waals surface area contributed by atoms with Crippen LogP contribution in [0.5, 0.6) is 0 Å². The lowest BCUT2D eigenvalue weighted by Crippen LogP contribution is -2.42. The zero-order chi connectivity index (χ0) is 24.1. The molecular weight excluding hydrogens is 454 g/mol. The average Bonchev–Trinajstić information content (AvgIpc) is 3.08. The lowest BCUT2D eigenvalue weighted by molar-refractivity contribution is -0.142. The Bertz CT molecular complexity index is 1030. The quantitative estimate of drug-likeness (QED) is 0.520. The van der Waals surface area contributed by atoms with Crippen LogP contribution < -0.4 is 10.2 Å². The molecule has 8 heteroatoms. The van der Waals surface area contributed by atoms with Gasteiger partial charge in [-0.15, -0.1) is 0 Å². The Kier molecular flexibility index (Phi) is 7.73. The van der Waals surface area contributed by atoms with Gasteiger partial charge in [-0.05, 0) is 55.5 Å². The first-order chi connectivity index (χ1) is 16.4. The van der Waals surface area contributed by atoms with Gasteiger partial charge in [0.2, 0.25) is 0 Å². The van der Waals surface area contributed by atoms with Gasteiger partial charge in [-0.1, -0.05) is 43.4 Å². The summed E-state index contributed by atoms with van der Waals surface area (Å²) >= 11 is 6.39. The van der Waals surface area contributed by atoms with E-state index in [2.05, 4.69) is 15.2 Å². The van der Waals surface area contributed by atoms with E-state index in [9.17, 15) is 19.8 Å². The monoisotopic (exact) mass is 485 g/mol. The summed E-state index contributed by atoms with van der Waals surface area (Å²) in [6, 6.07) is 9.13. The largest absolute Gasteiger partial charge is 0.481 e. The molecule has 2 aromatic rings. The molecule has 4 rings (SSSR count). The van der Waals surface area contributed by atoms with Crippen molar-refractivity contribution in [3.8, 4) is 11.1 Å². The highest BCUT2D eigenvalue weighted by atomic mass is 35.5. The van der Waals surface area contributed by atoms with Crippen LogP contribution in [0, 0.1) is 5.92 Å². The smallest absolute Gasteiger partial charge is 0.306 e. The number of aromatic nitrogens is 1. The molecule has 1 saturated carbocycles. The Morgan fingerprint density at radius 3 is 2.50 bits per heavy atom. The van der Waals surface area contributed by atoms with Gasteiger partial charge in [0.1, 0.15) is 5.82 Å². The molecule has 2 fully saturated rings. The second kappa shape index (κ2) is 10.7. The summed E-state index contributed by atoms with van der Waals surface area (Å²) in [5, 5.41) is 23.4. The van der Waals surface area contributed by atoms with E-state index in [4.69, 9.17) is 11.6 Å². The van der Waals surface area contributed by atoms with Crippen LogP contribution in [0.4, 0.5) is 5.82 Å². The fraction of sp³-hybridized carbons (Fsp3) is 0.500. The number of piperidine rings is 1. The number of rotatable bonds is 6. The number of anilines is 1. The first kappa shape index (κ1) is 24.5. The summed E-state index contributed by atoms with van der Waals surface area (Å²) in [5.74, 6) is -0.606. The van der Waals surface area contributed by atoms with Gasteiger partial charge in [-0.3, -0.25) is 9.59 Å².